The minimum atomic E-state index is -0.228. The lowest BCUT2D eigenvalue weighted by molar-refractivity contribution is -0.122. The van der Waals surface area contributed by atoms with Gasteiger partial charge in [-0.1, -0.05) is 6.92 Å². The number of hydrogen-bond donors (Lipinski definition) is 1. The minimum Gasteiger partial charge on any atom is -0.511 e. The van der Waals surface area contributed by atoms with Gasteiger partial charge >= 0.3 is 0 Å². The van der Waals surface area contributed by atoms with E-state index in [-0.39, 0.29) is 35.2 Å². The van der Waals surface area contributed by atoms with Crippen LogP contribution in [0.25, 0.3) is 0 Å². The van der Waals surface area contributed by atoms with Crippen molar-refractivity contribution in [3.05, 3.63) is 39.1 Å². The number of ketones is 2. The van der Waals surface area contributed by atoms with Gasteiger partial charge in [-0.05, 0) is 55.4 Å². The standard InChI is InChI=1S/C21H26O4/c1-5-6-16(22)20-17(23)9-14(10-18(20)24)19-12(3)11(2)13(4)21-15(19)7-8-25-21/h14,23H,5-10H2,1-4H3. The van der Waals surface area contributed by atoms with Crippen LogP contribution in [0.3, 0.4) is 0 Å². The summed E-state index contributed by atoms with van der Waals surface area (Å²) in [5.41, 5.74) is 5.86. The highest BCUT2D eigenvalue weighted by Crippen LogP contribution is 2.44. The van der Waals surface area contributed by atoms with Gasteiger partial charge in [-0.15, -0.1) is 0 Å². The second-order valence-corrected chi connectivity index (χ2v) is 7.22. The summed E-state index contributed by atoms with van der Waals surface area (Å²) in [5.74, 6) is 0.374. The molecule has 134 valence electrons. The minimum absolute atomic E-state index is 0.0347. The van der Waals surface area contributed by atoms with Gasteiger partial charge in [0, 0.05) is 31.2 Å². The molecule has 25 heavy (non-hydrogen) atoms. The Kier molecular flexibility index (Phi) is 4.72. The van der Waals surface area contributed by atoms with Crippen LogP contribution in [-0.4, -0.2) is 23.3 Å². The number of aliphatic hydroxyl groups excluding tert-OH is 1. The van der Waals surface area contributed by atoms with Crippen LogP contribution >= 0.6 is 0 Å². The molecular formula is C21H26O4. The van der Waals surface area contributed by atoms with Gasteiger partial charge in [0.2, 0.25) is 0 Å². The van der Waals surface area contributed by atoms with Gasteiger partial charge in [0.1, 0.15) is 11.5 Å². The summed E-state index contributed by atoms with van der Waals surface area (Å²) in [6.45, 7) is 8.79. The Morgan fingerprint density at radius 3 is 2.52 bits per heavy atom. The third-order valence-corrected chi connectivity index (χ3v) is 5.67. The van der Waals surface area contributed by atoms with Crippen LogP contribution in [-0.2, 0) is 16.0 Å². The molecule has 1 unspecified atom stereocenters. The Balaban J connectivity index is 2.04. The fraction of sp³-hybridized carbons (Fsp3) is 0.524. The molecule has 0 amide bonds. The fourth-order valence-electron chi connectivity index (χ4n) is 4.25. The topological polar surface area (TPSA) is 63.6 Å². The zero-order valence-electron chi connectivity index (χ0n) is 15.5. The molecule has 0 fully saturated rings. The number of ether oxygens (including phenoxy) is 1. The summed E-state index contributed by atoms with van der Waals surface area (Å²) in [4.78, 5) is 24.8. The van der Waals surface area contributed by atoms with Gasteiger partial charge in [0.25, 0.3) is 0 Å². The first-order chi connectivity index (χ1) is 11.9. The highest BCUT2D eigenvalue weighted by molar-refractivity contribution is 6.21. The number of benzene rings is 1. The molecule has 0 saturated carbocycles. The van der Waals surface area contributed by atoms with Gasteiger partial charge in [-0.25, -0.2) is 0 Å². The molecule has 3 rings (SSSR count). The van der Waals surface area contributed by atoms with Crippen LogP contribution in [0.2, 0.25) is 0 Å². The third kappa shape index (κ3) is 2.88. The maximum Gasteiger partial charge on any atom is 0.170 e. The molecule has 0 aromatic heterocycles. The average molecular weight is 342 g/mol. The maximum absolute atomic E-state index is 12.6. The first-order valence-electron chi connectivity index (χ1n) is 9.10. The Labute approximate surface area is 148 Å². The molecule has 0 spiro atoms. The summed E-state index contributed by atoms with van der Waals surface area (Å²) >= 11 is 0. The van der Waals surface area contributed by atoms with Crippen LogP contribution in [0, 0.1) is 20.8 Å². The zero-order chi connectivity index (χ0) is 18.3. The van der Waals surface area contributed by atoms with Crippen molar-refractivity contribution in [1.82, 2.24) is 0 Å². The maximum atomic E-state index is 12.6. The average Bonchev–Trinajstić information content (AvgIpc) is 3.02. The molecule has 1 aliphatic carbocycles. The molecule has 1 atom stereocenters. The van der Waals surface area contributed by atoms with E-state index in [0.717, 1.165) is 23.3 Å². The molecule has 0 saturated heterocycles. The largest absolute Gasteiger partial charge is 0.511 e. The van der Waals surface area contributed by atoms with Gasteiger partial charge in [0.05, 0.1) is 12.2 Å². The molecule has 1 aliphatic heterocycles. The molecule has 4 nitrogen and oxygen atoms in total. The number of Topliss-reactive ketones (excluding diaryl/α,β-unsaturated/α-hetero) is 2. The van der Waals surface area contributed by atoms with E-state index in [0.29, 0.717) is 25.9 Å². The van der Waals surface area contributed by atoms with Gasteiger partial charge in [-0.3, -0.25) is 9.59 Å². The Morgan fingerprint density at radius 2 is 1.88 bits per heavy atom. The number of carbonyl (C=O) groups excluding carboxylic acids is 2. The highest BCUT2D eigenvalue weighted by atomic mass is 16.5. The van der Waals surface area contributed by atoms with Crippen molar-refractivity contribution in [2.45, 2.75) is 65.7 Å². The summed E-state index contributed by atoms with van der Waals surface area (Å²) < 4.78 is 5.83. The number of allylic oxidation sites excluding steroid dienone is 2. The second kappa shape index (κ2) is 6.66. The van der Waals surface area contributed by atoms with Gasteiger partial charge in [-0.2, -0.15) is 0 Å². The van der Waals surface area contributed by atoms with Crippen LogP contribution in [0.4, 0.5) is 0 Å². The molecule has 1 aromatic carbocycles. The van der Waals surface area contributed by atoms with Crippen LogP contribution in [0.15, 0.2) is 11.3 Å². The van der Waals surface area contributed by atoms with Crippen molar-refractivity contribution in [3.63, 3.8) is 0 Å². The molecule has 0 radical (unpaired) electrons. The molecule has 4 heteroatoms. The summed E-state index contributed by atoms with van der Waals surface area (Å²) in [6.07, 6.45) is 2.45. The number of fused-ring (bicyclic) bond motifs is 1. The van der Waals surface area contributed by atoms with E-state index in [1.807, 2.05) is 6.92 Å². The van der Waals surface area contributed by atoms with Gasteiger partial charge < -0.3 is 9.84 Å². The lowest BCUT2D eigenvalue weighted by Gasteiger charge is -2.27. The number of aliphatic hydroxyl groups is 1. The quantitative estimate of drug-likeness (QED) is 0.834. The Bertz CT molecular complexity index is 786. The first kappa shape index (κ1) is 17.7. The highest BCUT2D eigenvalue weighted by Gasteiger charge is 2.35. The lowest BCUT2D eigenvalue weighted by atomic mass is 9.76. The molecule has 0 bridgehead atoms. The summed E-state index contributed by atoms with van der Waals surface area (Å²) in [6, 6.07) is 0. The van der Waals surface area contributed by atoms with E-state index in [9.17, 15) is 14.7 Å². The number of hydrogen-bond acceptors (Lipinski definition) is 4. The molecular weight excluding hydrogens is 316 g/mol. The fourth-order valence-corrected chi connectivity index (χ4v) is 4.25. The van der Waals surface area contributed by atoms with E-state index in [2.05, 4.69) is 20.8 Å². The van der Waals surface area contributed by atoms with Crippen molar-refractivity contribution >= 4 is 11.6 Å². The SMILES string of the molecule is CCCC(=O)C1=C(O)CC(c2c(C)c(C)c(C)c3c2CCO3)CC1=O. The molecule has 1 N–H and O–H groups in total. The van der Waals surface area contributed by atoms with E-state index in [4.69, 9.17) is 4.74 Å². The monoisotopic (exact) mass is 342 g/mol. The van der Waals surface area contributed by atoms with Crippen molar-refractivity contribution in [1.29, 1.82) is 0 Å². The first-order valence-corrected chi connectivity index (χ1v) is 9.10. The number of carbonyl (C=O) groups is 2. The third-order valence-electron chi connectivity index (χ3n) is 5.67. The number of rotatable bonds is 4. The van der Waals surface area contributed by atoms with Crippen molar-refractivity contribution in [2.75, 3.05) is 6.61 Å². The van der Waals surface area contributed by atoms with E-state index in [1.54, 1.807) is 0 Å². The summed E-state index contributed by atoms with van der Waals surface area (Å²) in [7, 11) is 0. The van der Waals surface area contributed by atoms with Crippen molar-refractivity contribution in [3.8, 4) is 5.75 Å². The van der Waals surface area contributed by atoms with Crippen molar-refractivity contribution in [2.24, 2.45) is 0 Å². The van der Waals surface area contributed by atoms with E-state index in [1.165, 1.54) is 16.7 Å². The van der Waals surface area contributed by atoms with Crippen LogP contribution < -0.4 is 4.74 Å². The van der Waals surface area contributed by atoms with Gasteiger partial charge in [0.15, 0.2) is 11.6 Å². The predicted octanol–water partition coefficient (Wildman–Crippen LogP) is 4.17. The zero-order valence-corrected chi connectivity index (χ0v) is 15.5. The smallest absolute Gasteiger partial charge is 0.170 e. The predicted molar refractivity (Wildman–Crippen MR) is 96.4 cm³/mol. The Morgan fingerprint density at radius 1 is 1.16 bits per heavy atom. The van der Waals surface area contributed by atoms with Crippen LogP contribution in [0.5, 0.6) is 5.75 Å². The van der Waals surface area contributed by atoms with E-state index < -0.39 is 0 Å². The lowest BCUT2D eigenvalue weighted by Crippen LogP contribution is -2.24. The second-order valence-electron chi connectivity index (χ2n) is 7.22. The van der Waals surface area contributed by atoms with Crippen LogP contribution in [0.1, 0.15) is 66.3 Å². The molecule has 2 aliphatic rings. The summed E-state index contributed by atoms with van der Waals surface area (Å²) in [5, 5.41) is 10.4. The Hall–Kier alpha value is -2.10. The molecule has 1 aromatic rings. The van der Waals surface area contributed by atoms with Crippen molar-refractivity contribution < 1.29 is 19.4 Å². The van der Waals surface area contributed by atoms with E-state index >= 15 is 0 Å². The molecule has 1 heterocycles. The normalized spacial score (nSPS) is 19.8.